The van der Waals surface area contributed by atoms with E-state index in [1.807, 2.05) is 6.07 Å². The van der Waals surface area contributed by atoms with E-state index in [1.165, 1.54) is 12.2 Å². The Morgan fingerprint density at radius 1 is 0.737 bits per heavy atom. The molecule has 0 unspecified atom stereocenters. The van der Waals surface area contributed by atoms with Gasteiger partial charge in [0.05, 0.1) is 0 Å². The van der Waals surface area contributed by atoms with Crippen molar-refractivity contribution in [3.8, 4) is 0 Å². The van der Waals surface area contributed by atoms with E-state index in [0.717, 1.165) is 0 Å². The smallest absolute Gasteiger partial charge is 0.185 e. The first-order valence-corrected chi connectivity index (χ1v) is 6.12. The number of allylic oxidation sites excluding steroid dienone is 2. The number of hydrogen-bond acceptors (Lipinski definition) is 2. The third-order valence-corrected chi connectivity index (χ3v) is 2.83. The second kappa shape index (κ2) is 6.12. The summed E-state index contributed by atoms with van der Waals surface area (Å²) in [6.07, 6.45) is 2.56. The molecule has 0 radical (unpaired) electrons. The highest BCUT2D eigenvalue weighted by molar-refractivity contribution is 6.30. The minimum absolute atomic E-state index is 0.192. The highest BCUT2D eigenvalue weighted by atomic mass is 35.5. The van der Waals surface area contributed by atoms with Crippen LogP contribution in [0.3, 0.4) is 0 Å². The van der Waals surface area contributed by atoms with Crippen molar-refractivity contribution in [1.29, 1.82) is 0 Å². The van der Waals surface area contributed by atoms with Crippen molar-refractivity contribution in [3.63, 3.8) is 0 Å². The van der Waals surface area contributed by atoms with Gasteiger partial charge in [0.2, 0.25) is 0 Å². The number of rotatable bonds is 4. The van der Waals surface area contributed by atoms with Crippen LogP contribution in [0.2, 0.25) is 5.02 Å². The van der Waals surface area contributed by atoms with Gasteiger partial charge in [-0.25, -0.2) is 0 Å². The van der Waals surface area contributed by atoms with E-state index < -0.39 is 0 Å². The van der Waals surface area contributed by atoms with Crippen LogP contribution in [-0.4, -0.2) is 11.6 Å². The molecule has 0 amide bonds. The lowest BCUT2D eigenvalue weighted by Gasteiger charge is -1.96. The average Bonchev–Trinajstić information content (AvgIpc) is 2.46. The molecule has 0 bridgehead atoms. The standard InChI is InChI=1S/C16H11ClO2/c17-14-8-6-13(7-9-14)16(19)11-10-15(18)12-4-2-1-3-5-12/h1-11H/b11-10+. The Kier molecular flexibility index (Phi) is 4.26. The van der Waals surface area contributed by atoms with Gasteiger partial charge in [0.1, 0.15) is 0 Å². The first-order valence-electron chi connectivity index (χ1n) is 5.74. The molecule has 0 fully saturated rings. The predicted molar refractivity (Wildman–Crippen MR) is 75.7 cm³/mol. The number of ketones is 2. The zero-order chi connectivity index (χ0) is 13.7. The summed E-state index contributed by atoms with van der Waals surface area (Å²) in [6.45, 7) is 0. The Morgan fingerprint density at radius 2 is 1.21 bits per heavy atom. The molecule has 19 heavy (non-hydrogen) atoms. The van der Waals surface area contributed by atoms with E-state index in [2.05, 4.69) is 0 Å². The molecular formula is C16H11ClO2. The number of benzene rings is 2. The third kappa shape index (κ3) is 3.63. The molecule has 2 aromatic carbocycles. The second-order valence-electron chi connectivity index (χ2n) is 3.93. The van der Waals surface area contributed by atoms with Gasteiger partial charge in [-0.3, -0.25) is 9.59 Å². The van der Waals surface area contributed by atoms with E-state index in [0.29, 0.717) is 16.1 Å². The van der Waals surface area contributed by atoms with Crippen molar-refractivity contribution in [2.24, 2.45) is 0 Å². The maximum absolute atomic E-state index is 11.8. The quantitative estimate of drug-likeness (QED) is 0.622. The molecule has 0 atom stereocenters. The van der Waals surface area contributed by atoms with Gasteiger partial charge in [-0.15, -0.1) is 0 Å². The van der Waals surface area contributed by atoms with Crippen molar-refractivity contribution < 1.29 is 9.59 Å². The Hall–Kier alpha value is -2.19. The summed E-state index contributed by atoms with van der Waals surface area (Å²) in [5.41, 5.74) is 1.06. The molecule has 2 aromatic rings. The molecule has 0 N–H and O–H groups in total. The van der Waals surface area contributed by atoms with Gasteiger partial charge in [-0.2, -0.15) is 0 Å². The summed E-state index contributed by atoms with van der Waals surface area (Å²) in [7, 11) is 0. The number of carbonyl (C=O) groups excluding carboxylic acids is 2. The molecule has 0 spiro atoms. The van der Waals surface area contributed by atoms with E-state index in [-0.39, 0.29) is 11.6 Å². The van der Waals surface area contributed by atoms with Gasteiger partial charge in [0.15, 0.2) is 11.6 Å². The SMILES string of the molecule is O=C(/C=C/C(=O)c1ccc(Cl)cc1)c1ccccc1. The summed E-state index contributed by atoms with van der Waals surface area (Å²) in [4.78, 5) is 23.6. The van der Waals surface area contributed by atoms with Crippen molar-refractivity contribution in [2.45, 2.75) is 0 Å². The monoisotopic (exact) mass is 270 g/mol. The Labute approximate surface area is 116 Å². The van der Waals surface area contributed by atoms with Gasteiger partial charge >= 0.3 is 0 Å². The fourth-order valence-electron chi connectivity index (χ4n) is 1.56. The van der Waals surface area contributed by atoms with Crippen molar-refractivity contribution in [1.82, 2.24) is 0 Å². The highest BCUT2D eigenvalue weighted by Gasteiger charge is 2.04. The first kappa shape index (κ1) is 13.2. The molecule has 2 rings (SSSR count). The van der Waals surface area contributed by atoms with Crippen LogP contribution in [0.25, 0.3) is 0 Å². The Balaban J connectivity index is 2.09. The molecule has 0 heterocycles. The third-order valence-electron chi connectivity index (χ3n) is 2.57. The summed E-state index contributed by atoms with van der Waals surface area (Å²) in [6, 6.07) is 15.3. The molecule has 94 valence electrons. The molecule has 0 aliphatic heterocycles. The van der Waals surface area contributed by atoms with Crippen LogP contribution < -0.4 is 0 Å². The van der Waals surface area contributed by atoms with Crippen LogP contribution in [0.5, 0.6) is 0 Å². The largest absolute Gasteiger partial charge is 0.289 e. The number of halogens is 1. The lowest BCUT2D eigenvalue weighted by atomic mass is 10.1. The van der Waals surface area contributed by atoms with Gasteiger partial charge in [-0.05, 0) is 36.4 Å². The maximum Gasteiger partial charge on any atom is 0.185 e. The van der Waals surface area contributed by atoms with Crippen LogP contribution in [0.1, 0.15) is 20.7 Å². The second-order valence-corrected chi connectivity index (χ2v) is 4.37. The van der Waals surface area contributed by atoms with Crippen molar-refractivity contribution >= 4 is 23.2 Å². The summed E-state index contributed by atoms with van der Waals surface area (Å²) >= 11 is 5.74. The number of hydrogen-bond donors (Lipinski definition) is 0. The van der Waals surface area contributed by atoms with E-state index in [1.54, 1.807) is 48.5 Å². The van der Waals surface area contributed by atoms with Crippen LogP contribution in [0, 0.1) is 0 Å². The maximum atomic E-state index is 11.8. The van der Waals surface area contributed by atoms with Gasteiger partial charge in [-0.1, -0.05) is 41.9 Å². The van der Waals surface area contributed by atoms with Gasteiger partial charge in [0.25, 0.3) is 0 Å². The fraction of sp³-hybridized carbons (Fsp3) is 0. The Bertz CT molecular complexity index is 613. The van der Waals surface area contributed by atoms with Crippen molar-refractivity contribution in [2.75, 3.05) is 0 Å². The lowest BCUT2D eigenvalue weighted by Crippen LogP contribution is -1.98. The lowest BCUT2D eigenvalue weighted by molar-refractivity contribution is 0.102. The van der Waals surface area contributed by atoms with Gasteiger partial charge < -0.3 is 0 Å². The summed E-state index contributed by atoms with van der Waals surface area (Å²) in [5, 5.41) is 0.570. The molecule has 0 saturated heterocycles. The summed E-state index contributed by atoms with van der Waals surface area (Å²) in [5.74, 6) is -0.413. The number of carbonyl (C=O) groups is 2. The Morgan fingerprint density at radius 3 is 1.74 bits per heavy atom. The normalized spacial score (nSPS) is 10.6. The van der Waals surface area contributed by atoms with Crippen LogP contribution in [0.4, 0.5) is 0 Å². The summed E-state index contributed by atoms with van der Waals surface area (Å²) < 4.78 is 0. The zero-order valence-electron chi connectivity index (χ0n) is 10.0. The molecule has 0 aliphatic carbocycles. The van der Waals surface area contributed by atoms with E-state index in [9.17, 15) is 9.59 Å². The molecule has 2 nitrogen and oxygen atoms in total. The highest BCUT2D eigenvalue weighted by Crippen LogP contribution is 2.10. The minimum atomic E-state index is -0.221. The predicted octanol–water partition coefficient (Wildman–Crippen LogP) is 3.96. The average molecular weight is 271 g/mol. The van der Waals surface area contributed by atoms with Gasteiger partial charge in [0, 0.05) is 16.1 Å². The van der Waals surface area contributed by atoms with Crippen molar-refractivity contribution in [3.05, 3.63) is 82.9 Å². The van der Waals surface area contributed by atoms with E-state index in [4.69, 9.17) is 11.6 Å². The van der Waals surface area contributed by atoms with Crippen LogP contribution in [-0.2, 0) is 0 Å². The topological polar surface area (TPSA) is 34.1 Å². The molecule has 0 saturated carbocycles. The van der Waals surface area contributed by atoms with Crippen LogP contribution >= 0.6 is 11.6 Å². The zero-order valence-corrected chi connectivity index (χ0v) is 10.8. The fourth-order valence-corrected chi connectivity index (χ4v) is 1.69. The molecule has 0 aromatic heterocycles. The minimum Gasteiger partial charge on any atom is -0.289 e. The van der Waals surface area contributed by atoms with E-state index >= 15 is 0 Å². The molecule has 3 heteroatoms. The first-order chi connectivity index (χ1) is 9.16. The van der Waals surface area contributed by atoms with Crippen LogP contribution in [0.15, 0.2) is 66.7 Å². The molecule has 0 aliphatic rings. The molecular weight excluding hydrogens is 260 g/mol.